The molecule has 0 saturated heterocycles. The second-order valence-electron chi connectivity index (χ2n) is 7.25. The quantitative estimate of drug-likeness (QED) is 0.601. The van der Waals surface area contributed by atoms with Gasteiger partial charge in [0, 0.05) is 5.39 Å². The summed E-state index contributed by atoms with van der Waals surface area (Å²) < 4.78 is 63.8. The van der Waals surface area contributed by atoms with Crippen LogP contribution in [0.4, 0.5) is 18.9 Å². The fourth-order valence-corrected chi connectivity index (χ4v) is 3.68. The average Bonchev–Trinajstić information content (AvgIpc) is 2.66. The monoisotopic (exact) mass is 451 g/mol. The second-order valence-corrected chi connectivity index (χ2v) is 8.99. The maximum absolute atomic E-state index is 12.8. The number of sulfonamides is 1. The summed E-state index contributed by atoms with van der Waals surface area (Å²) >= 11 is 0. The van der Waals surface area contributed by atoms with Gasteiger partial charge in [-0.15, -0.1) is 0 Å². The summed E-state index contributed by atoms with van der Waals surface area (Å²) in [7, 11) is -3.41. The van der Waals surface area contributed by atoms with E-state index < -0.39 is 33.7 Å². The molecule has 1 heterocycles. The topological polar surface area (TPSA) is 88.2 Å². The van der Waals surface area contributed by atoms with Crippen molar-refractivity contribution in [3.8, 4) is 0 Å². The van der Waals surface area contributed by atoms with Gasteiger partial charge in [-0.05, 0) is 55.3 Å². The zero-order chi connectivity index (χ0) is 23.0. The van der Waals surface area contributed by atoms with E-state index in [1.807, 2.05) is 0 Å². The van der Waals surface area contributed by atoms with Crippen LogP contribution in [-0.2, 0) is 16.2 Å². The van der Waals surface area contributed by atoms with Crippen molar-refractivity contribution in [2.24, 2.45) is 0 Å². The van der Waals surface area contributed by atoms with Crippen molar-refractivity contribution in [1.29, 1.82) is 0 Å². The molecule has 0 aliphatic rings. The van der Waals surface area contributed by atoms with Crippen LogP contribution in [-0.4, -0.2) is 25.6 Å². The van der Waals surface area contributed by atoms with Crippen molar-refractivity contribution in [2.75, 3.05) is 11.0 Å². The lowest BCUT2D eigenvalue weighted by Gasteiger charge is -2.16. The first-order valence-corrected chi connectivity index (χ1v) is 11.1. The molecule has 1 amide bonds. The van der Waals surface area contributed by atoms with Crippen molar-refractivity contribution < 1.29 is 26.4 Å². The minimum absolute atomic E-state index is 0.0752. The fourth-order valence-electron chi connectivity index (χ4n) is 3.05. The number of anilines is 1. The Balaban J connectivity index is 1.77. The lowest BCUT2D eigenvalue weighted by Crippen LogP contribution is -2.27. The van der Waals surface area contributed by atoms with Gasteiger partial charge in [0.25, 0.3) is 5.91 Å². The molecular weight excluding hydrogens is 431 g/mol. The number of carbonyl (C=O) groups excluding carboxylic acids is 1. The predicted octanol–water partition coefficient (Wildman–Crippen LogP) is 4.42. The molecule has 1 atom stereocenters. The third-order valence-electron chi connectivity index (χ3n) is 4.64. The van der Waals surface area contributed by atoms with E-state index in [1.54, 1.807) is 32.0 Å². The maximum atomic E-state index is 12.8. The van der Waals surface area contributed by atoms with Gasteiger partial charge in [-0.1, -0.05) is 18.2 Å². The van der Waals surface area contributed by atoms with Crippen LogP contribution in [0.25, 0.3) is 10.9 Å². The van der Waals surface area contributed by atoms with E-state index in [0.717, 1.165) is 24.0 Å². The number of halogens is 3. The van der Waals surface area contributed by atoms with Crippen LogP contribution in [0.2, 0.25) is 0 Å². The molecule has 0 saturated carbocycles. The molecule has 1 aromatic heterocycles. The van der Waals surface area contributed by atoms with E-state index in [2.05, 4.69) is 15.0 Å². The van der Waals surface area contributed by atoms with Gasteiger partial charge in [0.05, 0.1) is 29.1 Å². The summed E-state index contributed by atoms with van der Waals surface area (Å²) in [6.07, 6.45) is -3.39. The number of aryl methyl sites for hydroxylation is 1. The molecule has 10 heteroatoms. The largest absolute Gasteiger partial charge is 0.416 e. The van der Waals surface area contributed by atoms with E-state index >= 15 is 0 Å². The third kappa shape index (κ3) is 5.52. The SMILES string of the molecule is Cc1cc(C(C)NC(=O)c2ccc3cc(C(F)(F)F)ccc3n2)ccc1NS(C)(=O)=O. The highest BCUT2D eigenvalue weighted by atomic mass is 32.2. The van der Waals surface area contributed by atoms with Crippen molar-refractivity contribution >= 4 is 32.5 Å². The standard InChI is InChI=1S/C21H20F3N3O3S/c1-12-10-14(4-7-17(12)27-31(3,29)30)13(2)25-20(28)19-8-5-15-11-16(21(22,23)24)6-9-18(15)26-19/h4-11,13,27H,1-3H3,(H,25,28). The lowest BCUT2D eigenvalue weighted by atomic mass is 10.0. The lowest BCUT2D eigenvalue weighted by molar-refractivity contribution is -0.137. The summed E-state index contributed by atoms with van der Waals surface area (Å²) in [6, 6.07) is 10.6. The van der Waals surface area contributed by atoms with E-state index in [0.29, 0.717) is 11.3 Å². The van der Waals surface area contributed by atoms with Gasteiger partial charge in [0.15, 0.2) is 0 Å². The molecule has 164 valence electrons. The first-order chi connectivity index (χ1) is 14.3. The van der Waals surface area contributed by atoms with Crippen molar-refractivity contribution in [3.05, 3.63) is 70.9 Å². The average molecular weight is 451 g/mol. The summed E-state index contributed by atoms with van der Waals surface area (Å²) in [4.78, 5) is 16.8. The molecule has 0 radical (unpaired) electrons. The van der Waals surface area contributed by atoms with E-state index in [1.165, 1.54) is 18.2 Å². The Labute approximate surface area is 177 Å². The summed E-state index contributed by atoms with van der Waals surface area (Å²) in [5.74, 6) is -0.481. The molecule has 0 fully saturated rings. The summed E-state index contributed by atoms with van der Waals surface area (Å²) in [5, 5.41) is 3.07. The molecule has 1 unspecified atom stereocenters. The summed E-state index contributed by atoms with van der Waals surface area (Å²) in [5.41, 5.74) is 1.45. The number of hydrogen-bond donors (Lipinski definition) is 2. The van der Waals surface area contributed by atoms with Gasteiger partial charge in [0.1, 0.15) is 5.69 Å². The number of carbonyl (C=O) groups is 1. The van der Waals surface area contributed by atoms with Crippen LogP contribution in [0.15, 0.2) is 48.5 Å². The Hall–Kier alpha value is -3.14. The highest BCUT2D eigenvalue weighted by Crippen LogP contribution is 2.31. The molecule has 2 aromatic carbocycles. The van der Waals surface area contributed by atoms with E-state index in [-0.39, 0.29) is 16.6 Å². The zero-order valence-corrected chi connectivity index (χ0v) is 17.7. The smallest absolute Gasteiger partial charge is 0.344 e. The molecule has 6 nitrogen and oxygen atoms in total. The van der Waals surface area contributed by atoms with Gasteiger partial charge >= 0.3 is 6.18 Å². The Kier molecular flexibility index (Phi) is 5.95. The number of pyridine rings is 1. The van der Waals surface area contributed by atoms with E-state index in [4.69, 9.17) is 0 Å². The number of rotatable bonds is 5. The number of fused-ring (bicyclic) bond motifs is 1. The van der Waals surface area contributed by atoms with Crippen LogP contribution in [0.5, 0.6) is 0 Å². The first kappa shape index (κ1) is 22.5. The van der Waals surface area contributed by atoms with Crippen LogP contribution in [0.3, 0.4) is 0 Å². The van der Waals surface area contributed by atoms with Crippen molar-refractivity contribution in [3.63, 3.8) is 0 Å². The molecule has 2 N–H and O–H groups in total. The van der Waals surface area contributed by atoms with Gasteiger partial charge in [-0.25, -0.2) is 13.4 Å². The Morgan fingerprint density at radius 2 is 1.77 bits per heavy atom. The maximum Gasteiger partial charge on any atom is 0.416 e. The van der Waals surface area contributed by atoms with Crippen LogP contribution in [0.1, 0.15) is 40.1 Å². The molecule has 0 aliphatic carbocycles. The van der Waals surface area contributed by atoms with Crippen molar-refractivity contribution in [1.82, 2.24) is 10.3 Å². The van der Waals surface area contributed by atoms with Crippen LogP contribution < -0.4 is 10.0 Å². The summed E-state index contributed by atoms with van der Waals surface area (Å²) in [6.45, 7) is 3.50. The number of benzene rings is 2. The minimum Gasteiger partial charge on any atom is -0.344 e. The molecule has 3 rings (SSSR count). The number of aromatic nitrogens is 1. The second kappa shape index (κ2) is 8.18. The Morgan fingerprint density at radius 1 is 1.06 bits per heavy atom. The van der Waals surface area contributed by atoms with Gasteiger partial charge in [-0.2, -0.15) is 13.2 Å². The predicted molar refractivity (Wildman–Crippen MR) is 112 cm³/mol. The molecular formula is C21H20F3N3O3S. The first-order valence-electron chi connectivity index (χ1n) is 9.21. The normalized spacial score (nSPS) is 13.1. The fraction of sp³-hybridized carbons (Fsp3) is 0.238. The number of nitrogens with zero attached hydrogens (tertiary/aromatic N) is 1. The Morgan fingerprint density at radius 3 is 2.39 bits per heavy atom. The molecule has 0 aliphatic heterocycles. The molecule has 31 heavy (non-hydrogen) atoms. The molecule has 3 aromatic rings. The Bertz CT molecular complexity index is 1260. The van der Waals surface area contributed by atoms with Crippen LogP contribution >= 0.6 is 0 Å². The minimum atomic E-state index is -4.45. The highest BCUT2D eigenvalue weighted by Gasteiger charge is 2.30. The van der Waals surface area contributed by atoms with E-state index in [9.17, 15) is 26.4 Å². The number of alkyl halides is 3. The zero-order valence-electron chi connectivity index (χ0n) is 16.9. The third-order valence-corrected chi connectivity index (χ3v) is 5.23. The van der Waals surface area contributed by atoms with Crippen molar-refractivity contribution in [2.45, 2.75) is 26.1 Å². The number of hydrogen-bond acceptors (Lipinski definition) is 4. The number of amides is 1. The number of nitrogens with one attached hydrogen (secondary N) is 2. The molecule has 0 bridgehead atoms. The van der Waals surface area contributed by atoms with Gasteiger partial charge in [-0.3, -0.25) is 9.52 Å². The van der Waals surface area contributed by atoms with Crippen LogP contribution in [0, 0.1) is 6.92 Å². The van der Waals surface area contributed by atoms with Gasteiger partial charge < -0.3 is 5.32 Å². The van der Waals surface area contributed by atoms with Gasteiger partial charge in [0.2, 0.25) is 10.0 Å². The molecule has 0 spiro atoms. The highest BCUT2D eigenvalue weighted by molar-refractivity contribution is 7.92.